The third-order valence-corrected chi connectivity index (χ3v) is 4.70. The van der Waals surface area contributed by atoms with Gasteiger partial charge in [-0.25, -0.2) is 9.97 Å². The second-order valence-electron chi connectivity index (χ2n) is 6.73. The van der Waals surface area contributed by atoms with Gasteiger partial charge in [0.25, 0.3) is 5.91 Å². The minimum atomic E-state index is -0.121. The molecule has 0 spiro atoms. The second-order valence-corrected chi connectivity index (χ2v) is 6.73. The van der Waals surface area contributed by atoms with E-state index < -0.39 is 0 Å². The van der Waals surface area contributed by atoms with Crippen molar-refractivity contribution in [2.45, 2.75) is 31.3 Å². The van der Waals surface area contributed by atoms with Gasteiger partial charge >= 0.3 is 0 Å². The van der Waals surface area contributed by atoms with Gasteiger partial charge in [-0.15, -0.1) is 10.2 Å². The summed E-state index contributed by atoms with van der Waals surface area (Å²) in [6.45, 7) is 1.49. The molecule has 1 aliphatic heterocycles. The number of nitrogens with zero attached hydrogens (tertiary/aromatic N) is 6. The normalized spacial score (nSPS) is 20.8. The number of carbonyl (C=O) groups excluding carboxylic acids is 1. The monoisotopic (exact) mass is 365 g/mol. The first-order chi connectivity index (χ1) is 13.1. The van der Waals surface area contributed by atoms with E-state index in [4.69, 9.17) is 11.0 Å². The molecule has 2 aliphatic rings. The van der Waals surface area contributed by atoms with E-state index in [2.05, 4.69) is 30.8 Å². The zero-order valence-corrected chi connectivity index (χ0v) is 14.6. The fourth-order valence-corrected chi connectivity index (χ4v) is 2.97. The largest absolute Gasteiger partial charge is 0.380 e. The van der Waals surface area contributed by atoms with Gasteiger partial charge in [0.2, 0.25) is 0 Å². The number of carbonyl (C=O) groups is 1. The van der Waals surface area contributed by atoms with Crippen molar-refractivity contribution in [2.24, 2.45) is 5.73 Å². The van der Waals surface area contributed by atoms with Gasteiger partial charge in [0.15, 0.2) is 17.2 Å². The molecule has 1 aliphatic carbocycles. The van der Waals surface area contributed by atoms with E-state index in [9.17, 15) is 4.79 Å². The van der Waals surface area contributed by atoms with Crippen molar-refractivity contribution in [1.82, 2.24) is 25.1 Å². The Morgan fingerprint density at radius 1 is 1.22 bits per heavy atom. The molecule has 138 valence electrons. The maximum absolute atomic E-state index is 12.6. The Labute approximate surface area is 155 Å². The molecule has 10 nitrogen and oxygen atoms in total. The van der Waals surface area contributed by atoms with E-state index in [0.29, 0.717) is 23.0 Å². The van der Waals surface area contributed by atoms with Crippen LogP contribution in [-0.2, 0) is 0 Å². The molecule has 1 saturated carbocycles. The highest BCUT2D eigenvalue weighted by molar-refractivity contribution is 5.98. The highest BCUT2D eigenvalue weighted by atomic mass is 16.2. The molecule has 27 heavy (non-hydrogen) atoms. The summed E-state index contributed by atoms with van der Waals surface area (Å²) in [7, 11) is 0. The Hall–Kier alpha value is -3.32. The molecule has 10 heteroatoms. The Morgan fingerprint density at radius 2 is 2.04 bits per heavy atom. The summed E-state index contributed by atoms with van der Waals surface area (Å²) in [5.74, 6) is 0.742. The molecule has 0 atom stereocenters. The van der Waals surface area contributed by atoms with Crippen molar-refractivity contribution >= 4 is 23.2 Å². The maximum Gasteiger partial charge on any atom is 0.276 e. The minimum absolute atomic E-state index is 0.121. The SMILES string of the molecule is N#Cc1cnc(Nc2cc(NC3CC(N)C3)c(C(=O)N3CCC3)nn2)cn1. The summed E-state index contributed by atoms with van der Waals surface area (Å²) in [6.07, 6.45) is 5.52. The number of hydrogen-bond donors (Lipinski definition) is 3. The highest BCUT2D eigenvalue weighted by Gasteiger charge is 2.30. The van der Waals surface area contributed by atoms with Crippen LogP contribution in [0.5, 0.6) is 0 Å². The summed E-state index contributed by atoms with van der Waals surface area (Å²) < 4.78 is 0. The molecule has 2 fully saturated rings. The average molecular weight is 365 g/mol. The zero-order valence-electron chi connectivity index (χ0n) is 14.6. The van der Waals surface area contributed by atoms with Crippen molar-refractivity contribution < 1.29 is 4.79 Å². The molecule has 2 aromatic heterocycles. The topological polar surface area (TPSA) is 146 Å². The van der Waals surface area contributed by atoms with Gasteiger partial charge < -0.3 is 21.3 Å². The predicted octanol–water partition coefficient (Wildman–Crippen LogP) is 0.629. The summed E-state index contributed by atoms with van der Waals surface area (Å²) in [6, 6.07) is 4.07. The van der Waals surface area contributed by atoms with Crippen LogP contribution in [-0.4, -0.2) is 56.1 Å². The molecular formula is C17H19N9O. The van der Waals surface area contributed by atoms with E-state index in [1.807, 2.05) is 6.07 Å². The Morgan fingerprint density at radius 3 is 2.63 bits per heavy atom. The Kier molecular flexibility index (Phi) is 4.52. The van der Waals surface area contributed by atoms with Crippen molar-refractivity contribution in [3.05, 3.63) is 29.8 Å². The van der Waals surface area contributed by atoms with Crippen LogP contribution in [0, 0.1) is 11.3 Å². The van der Waals surface area contributed by atoms with E-state index in [0.717, 1.165) is 32.4 Å². The van der Waals surface area contributed by atoms with Gasteiger partial charge in [-0.3, -0.25) is 4.79 Å². The number of nitrogens with two attached hydrogens (primary N) is 1. The number of likely N-dealkylation sites (tertiary alicyclic amines) is 1. The number of aromatic nitrogens is 4. The lowest BCUT2D eigenvalue weighted by atomic mass is 9.87. The fraction of sp³-hybridized carbons (Fsp3) is 0.412. The van der Waals surface area contributed by atoms with Crippen LogP contribution in [0.3, 0.4) is 0 Å². The molecule has 4 N–H and O–H groups in total. The van der Waals surface area contributed by atoms with Crippen LogP contribution in [0.15, 0.2) is 18.5 Å². The average Bonchev–Trinajstić information content (AvgIpc) is 2.60. The van der Waals surface area contributed by atoms with Crippen molar-refractivity contribution in [2.75, 3.05) is 23.7 Å². The lowest BCUT2D eigenvalue weighted by molar-refractivity contribution is 0.0645. The quantitative estimate of drug-likeness (QED) is 0.694. The number of amides is 1. The number of nitriles is 1. The van der Waals surface area contributed by atoms with Gasteiger partial charge in [-0.1, -0.05) is 0 Å². The van der Waals surface area contributed by atoms with Crippen LogP contribution in [0.4, 0.5) is 17.3 Å². The van der Waals surface area contributed by atoms with Crippen LogP contribution < -0.4 is 16.4 Å². The standard InChI is InChI=1S/C17H19N9O/c18-7-12-8-21-15(9-20-12)23-14-6-13(22-11-4-10(19)5-11)16(25-24-14)17(27)26-2-1-3-26/h6,8-11H,1-5,19H2,(H2,21,22,23,24). The Bertz CT molecular complexity index is 882. The highest BCUT2D eigenvalue weighted by Crippen LogP contribution is 2.27. The summed E-state index contributed by atoms with van der Waals surface area (Å²) in [4.78, 5) is 22.4. The summed E-state index contributed by atoms with van der Waals surface area (Å²) in [5, 5.41) is 23.4. The molecule has 1 amide bonds. The van der Waals surface area contributed by atoms with Gasteiger partial charge in [0.05, 0.1) is 18.1 Å². The van der Waals surface area contributed by atoms with Crippen LogP contribution in [0.1, 0.15) is 35.4 Å². The van der Waals surface area contributed by atoms with Gasteiger partial charge in [0, 0.05) is 31.2 Å². The second kappa shape index (κ2) is 7.13. The minimum Gasteiger partial charge on any atom is -0.380 e. The molecule has 0 bridgehead atoms. The maximum atomic E-state index is 12.6. The van der Waals surface area contributed by atoms with Gasteiger partial charge in [-0.2, -0.15) is 5.26 Å². The van der Waals surface area contributed by atoms with E-state index in [1.54, 1.807) is 11.0 Å². The van der Waals surface area contributed by atoms with Crippen molar-refractivity contribution in [3.63, 3.8) is 0 Å². The molecule has 4 rings (SSSR count). The number of hydrogen-bond acceptors (Lipinski definition) is 9. The molecule has 1 saturated heterocycles. The molecular weight excluding hydrogens is 346 g/mol. The first-order valence-electron chi connectivity index (χ1n) is 8.80. The van der Waals surface area contributed by atoms with Crippen LogP contribution in [0.2, 0.25) is 0 Å². The van der Waals surface area contributed by atoms with Crippen molar-refractivity contribution in [1.29, 1.82) is 5.26 Å². The first kappa shape index (κ1) is 17.1. The molecule has 0 unspecified atom stereocenters. The third-order valence-electron chi connectivity index (χ3n) is 4.70. The number of anilines is 3. The predicted molar refractivity (Wildman–Crippen MR) is 97.2 cm³/mol. The molecule has 0 aromatic carbocycles. The summed E-state index contributed by atoms with van der Waals surface area (Å²) >= 11 is 0. The van der Waals surface area contributed by atoms with E-state index in [1.165, 1.54) is 12.4 Å². The Balaban J connectivity index is 1.56. The molecule has 2 aromatic rings. The van der Waals surface area contributed by atoms with Gasteiger partial charge in [0.1, 0.15) is 11.9 Å². The van der Waals surface area contributed by atoms with E-state index in [-0.39, 0.29) is 23.7 Å². The van der Waals surface area contributed by atoms with Crippen LogP contribution >= 0.6 is 0 Å². The lowest BCUT2D eigenvalue weighted by Gasteiger charge is -2.35. The number of nitrogens with one attached hydrogen (secondary N) is 2. The lowest BCUT2D eigenvalue weighted by Crippen LogP contribution is -2.45. The van der Waals surface area contributed by atoms with Crippen molar-refractivity contribution in [3.8, 4) is 6.07 Å². The fourth-order valence-electron chi connectivity index (χ4n) is 2.97. The smallest absolute Gasteiger partial charge is 0.276 e. The molecule has 3 heterocycles. The third kappa shape index (κ3) is 3.63. The first-order valence-corrected chi connectivity index (χ1v) is 8.80. The molecule has 0 radical (unpaired) electrons. The zero-order chi connectivity index (χ0) is 18.8. The van der Waals surface area contributed by atoms with Gasteiger partial charge in [-0.05, 0) is 19.3 Å². The summed E-state index contributed by atoms with van der Waals surface area (Å²) in [5.41, 5.74) is 7.03. The van der Waals surface area contributed by atoms with E-state index >= 15 is 0 Å². The number of rotatable bonds is 5. The van der Waals surface area contributed by atoms with Crippen LogP contribution in [0.25, 0.3) is 0 Å².